The standard InChI is InChI=1S/C18H17ClN4O2/c1-3-16-22-17(23-25-16)12-4-7-14(8-5-12)20-18(24)21-15-9-6-13(19)10-11(15)2/h4-10H,3H2,1-2H3,(H2,20,21,24). The number of nitrogens with zero attached hydrogens (tertiary/aromatic N) is 2. The molecule has 3 rings (SSSR count). The largest absolute Gasteiger partial charge is 0.339 e. The predicted molar refractivity (Wildman–Crippen MR) is 97.9 cm³/mol. The molecule has 25 heavy (non-hydrogen) atoms. The average molecular weight is 357 g/mol. The molecule has 1 aromatic heterocycles. The van der Waals surface area contributed by atoms with E-state index in [0.29, 0.717) is 34.5 Å². The first-order valence-corrected chi connectivity index (χ1v) is 8.20. The molecule has 0 bridgehead atoms. The van der Waals surface area contributed by atoms with Crippen LogP contribution >= 0.6 is 11.6 Å². The van der Waals surface area contributed by atoms with Crippen molar-refractivity contribution in [3.05, 3.63) is 58.9 Å². The number of hydrogen-bond donors (Lipinski definition) is 2. The molecular formula is C18H17ClN4O2. The molecular weight excluding hydrogens is 340 g/mol. The van der Waals surface area contributed by atoms with Crippen LogP contribution < -0.4 is 10.6 Å². The van der Waals surface area contributed by atoms with Crippen molar-refractivity contribution >= 4 is 29.0 Å². The highest BCUT2D eigenvalue weighted by Gasteiger charge is 2.09. The molecule has 0 unspecified atom stereocenters. The van der Waals surface area contributed by atoms with Crippen LogP contribution in [0.25, 0.3) is 11.4 Å². The SMILES string of the molecule is CCc1nc(-c2ccc(NC(=O)Nc3ccc(Cl)cc3C)cc2)no1. The fraction of sp³-hybridized carbons (Fsp3) is 0.167. The van der Waals surface area contributed by atoms with E-state index in [1.165, 1.54) is 0 Å². The molecule has 0 atom stereocenters. The summed E-state index contributed by atoms with van der Waals surface area (Å²) >= 11 is 5.91. The number of rotatable bonds is 4. The number of benzene rings is 2. The Kier molecular flexibility index (Phi) is 5.00. The van der Waals surface area contributed by atoms with Gasteiger partial charge in [-0.2, -0.15) is 4.98 Å². The van der Waals surface area contributed by atoms with Crippen molar-refractivity contribution in [3.8, 4) is 11.4 Å². The third kappa shape index (κ3) is 4.16. The van der Waals surface area contributed by atoms with Gasteiger partial charge in [-0.3, -0.25) is 0 Å². The molecule has 0 aliphatic rings. The van der Waals surface area contributed by atoms with Crippen LogP contribution in [0, 0.1) is 6.92 Å². The van der Waals surface area contributed by atoms with E-state index in [1.54, 1.807) is 30.3 Å². The Morgan fingerprint density at radius 3 is 2.56 bits per heavy atom. The summed E-state index contributed by atoms with van der Waals surface area (Å²) in [5.41, 5.74) is 3.08. The van der Waals surface area contributed by atoms with Gasteiger partial charge in [-0.1, -0.05) is 23.7 Å². The zero-order valence-electron chi connectivity index (χ0n) is 13.8. The molecule has 1 heterocycles. The normalized spacial score (nSPS) is 10.5. The Morgan fingerprint density at radius 2 is 1.92 bits per heavy atom. The van der Waals surface area contributed by atoms with E-state index in [2.05, 4.69) is 20.8 Å². The molecule has 2 aromatic carbocycles. The molecule has 0 fully saturated rings. The average Bonchev–Trinajstić information content (AvgIpc) is 3.07. The molecule has 3 aromatic rings. The summed E-state index contributed by atoms with van der Waals surface area (Å²) < 4.78 is 5.10. The second-order valence-corrected chi connectivity index (χ2v) is 5.92. The maximum atomic E-state index is 12.1. The number of hydrogen-bond acceptors (Lipinski definition) is 4. The van der Waals surface area contributed by atoms with Gasteiger partial charge in [0, 0.05) is 28.4 Å². The number of aromatic nitrogens is 2. The maximum Gasteiger partial charge on any atom is 0.323 e. The van der Waals surface area contributed by atoms with E-state index in [0.717, 1.165) is 11.1 Å². The van der Waals surface area contributed by atoms with Gasteiger partial charge in [0.1, 0.15) is 0 Å². The molecule has 6 nitrogen and oxygen atoms in total. The number of urea groups is 1. The molecule has 128 valence electrons. The highest BCUT2D eigenvalue weighted by atomic mass is 35.5. The van der Waals surface area contributed by atoms with E-state index in [4.69, 9.17) is 16.1 Å². The second-order valence-electron chi connectivity index (χ2n) is 5.48. The first kappa shape index (κ1) is 17.0. The van der Waals surface area contributed by atoms with E-state index in [-0.39, 0.29) is 6.03 Å². The van der Waals surface area contributed by atoms with E-state index in [1.807, 2.05) is 26.0 Å². The van der Waals surface area contributed by atoms with Crippen molar-refractivity contribution in [3.63, 3.8) is 0 Å². The summed E-state index contributed by atoms with van der Waals surface area (Å²) in [5, 5.41) is 10.1. The third-order valence-electron chi connectivity index (χ3n) is 3.61. The van der Waals surface area contributed by atoms with Crippen molar-refractivity contribution in [1.82, 2.24) is 10.1 Å². The summed E-state index contributed by atoms with van der Waals surface area (Å²) in [4.78, 5) is 16.4. The fourth-order valence-electron chi connectivity index (χ4n) is 2.27. The van der Waals surface area contributed by atoms with Gasteiger partial charge < -0.3 is 15.2 Å². The van der Waals surface area contributed by atoms with E-state index < -0.39 is 0 Å². The van der Waals surface area contributed by atoms with Crippen LogP contribution in [0.15, 0.2) is 47.0 Å². The lowest BCUT2D eigenvalue weighted by atomic mass is 10.2. The lowest BCUT2D eigenvalue weighted by Crippen LogP contribution is -2.19. The Hall–Kier alpha value is -2.86. The van der Waals surface area contributed by atoms with Crippen molar-refractivity contribution in [2.45, 2.75) is 20.3 Å². The fourth-order valence-corrected chi connectivity index (χ4v) is 2.50. The van der Waals surface area contributed by atoms with Crippen LogP contribution in [0.4, 0.5) is 16.2 Å². The minimum atomic E-state index is -0.328. The number of aryl methyl sites for hydroxylation is 2. The monoisotopic (exact) mass is 356 g/mol. The van der Waals surface area contributed by atoms with Gasteiger partial charge in [0.2, 0.25) is 11.7 Å². The van der Waals surface area contributed by atoms with Gasteiger partial charge in [0.25, 0.3) is 0 Å². The zero-order valence-corrected chi connectivity index (χ0v) is 14.6. The van der Waals surface area contributed by atoms with Crippen LogP contribution in [0.3, 0.4) is 0 Å². The van der Waals surface area contributed by atoms with Crippen LogP contribution in [0.5, 0.6) is 0 Å². The van der Waals surface area contributed by atoms with Gasteiger partial charge in [0.15, 0.2) is 0 Å². The van der Waals surface area contributed by atoms with Crippen LogP contribution in [0.1, 0.15) is 18.4 Å². The summed E-state index contributed by atoms with van der Waals surface area (Å²) in [6.45, 7) is 3.83. The van der Waals surface area contributed by atoms with E-state index >= 15 is 0 Å². The zero-order chi connectivity index (χ0) is 17.8. The van der Waals surface area contributed by atoms with Crippen molar-refractivity contribution < 1.29 is 9.32 Å². The first-order chi connectivity index (χ1) is 12.0. The number of carbonyl (C=O) groups excluding carboxylic acids is 1. The van der Waals surface area contributed by atoms with Crippen molar-refractivity contribution in [2.24, 2.45) is 0 Å². The van der Waals surface area contributed by atoms with Gasteiger partial charge in [-0.05, 0) is 55.0 Å². The maximum absolute atomic E-state index is 12.1. The highest BCUT2D eigenvalue weighted by molar-refractivity contribution is 6.30. The second kappa shape index (κ2) is 7.36. The molecule has 2 N–H and O–H groups in total. The van der Waals surface area contributed by atoms with Gasteiger partial charge >= 0.3 is 6.03 Å². The molecule has 2 amide bonds. The summed E-state index contributed by atoms with van der Waals surface area (Å²) in [6, 6.07) is 12.2. The number of halogens is 1. The van der Waals surface area contributed by atoms with Gasteiger partial charge in [0.05, 0.1) is 0 Å². The lowest BCUT2D eigenvalue weighted by molar-refractivity contribution is 0.262. The number of anilines is 2. The van der Waals surface area contributed by atoms with E-state index in [9.17, 15) is 4.79 Å². The topological polar surface area (TPSA) is 80.0 Å². The molecule has 7 heteroatoms. The van der Waals surface area contributed by atoms with Crippen LogP contribution in [0.2, 0.25) is 5.02 Å². The van der Waals surface area contributed by atoms with Gasteiger partial charge in [-0.15, -0.1) is 0 Å². The molecule has 0 saturated carbocycles. The quantitative estimate of drug-likeness (QED) is 0.696. The van der Waals surface area contributed by atoms with Crippen molar-refractivity contribution in [2.75, 3.05) is 10.6 Å². The lowest BCUT2D eigenvalue weighted by Gasteiger charge is -2.10. The number of nitrogens with one attached hydrogen (secondary N) is 2. The minimum absolute atomic E-state index is 0.328. The van der Waals surface area contributed by atoms with Crippen molar-refractivity contribution in [1.29, 1.82) is 0 Å². The Morgan fingerprint density at radius 1 is 1.16 bits per heavy atom. The van der Waals surface area contributed by atoms with Gasteiger partial charge in [-0.25, -0.2) is 4.79 Å². The molecule has 0 radical (unpaired) electrons. The summed E-state index contributed by atoms with van der Waals surface area (Å²) in [7, 11) is 0. The molecule has 0 aliphatic heterocycles. The summed E-state index contributed by atoms with van der Waals surface area (Å²) in [6.07, 6.45) is 0.691. The molecule has 0 spiro atoms. The van der Waals surface area contributed by atoms with Crippen LogP contribution in [-0.2, 0) is 6.42 Å². The minimum Gasteiger partial charge on any atom is -0.339 e. The molecule has 0 saturated heterocycles. The Balaban J connectivity index is 1.65. The summed E-state index contributed by atoms with van der Waals surface area (Å²) in [5.74, 6) is 1.12. The number of amides is 2. The predicted octanol–water partition coefficient (Wildman–Crippen LogP) is 4.90. The Labute approximate surface area is 150 Å². The third-order valence-corrected chi connectivity index (χ3v) is 3.84. The highest BCUT2D eigenvalue weighted by Crippen LogP contribution is 2.21. The first-order valence-electron chi connectivity index (χ1n) is 7.82. The smallest absolute Gasteiger partial charge is 0.323 e. The van der Waals surface area contributed by atoms with Crippen LogP contribution in [-0.4, -0.2) is 16.2 Å². The number of carbonyl (C=O) groups is 1. The molecule has 0 aliphatic carbocycles. The Bertz CT molecular complexity index is 890.